The Morgan fingerprint density at radius 2 is 1.87 bits per heavy atom. The summed E-state index contributed by atoms with van der Waals surface area (Å²) in [7, 11) is 0. The molecule has 4 rings (SSSR count). The number of benzene rings is 2. The molecule has 4 N–H and O–H groups in total. The fraction of sp³-hybridized carbons (Fsp3) is 0.0909. The lowest BCUT2D eigenvalue weighted by Crippen LogP contribution is -2.31. The smallest absolute Gasteiger partial charge is 0.261 e. The summed E-state index contributed by atoms with van der Waals surface area (Å²) in [6.45, 7) is 0.129. The maximum absolute atomic E-state index is 13.4. The van der Waals surface area contributed by atoms with Crippen LogP contribution in [0.2, 0.25) is 0 Å². The van der Waals surface area contributed by atoms with Crippen molar-refractivity contribution >= 4 is 16.8 Å². The number of carbonyl (C=O) groups is 1. The third-order valence-corrected chi connectivity index (χ3v) is 4.96. The molecular weight excluding hydrogens is 385 g/mol. The van der Waals surface area contributed by atoms with Crippen molar-refractivity contribution in [3.63, 3.8) is 0 Å². The topological polar surface area (TPSA) is 117 Å². The number of halogens is 1. The van der Waals surface area contributed by atoms with Crippen LogP contribution in [0.4, 0.5) is 4.39 Å². The van der Waals surface area contributed by atoms with Crippen molar-refractivity contribution in [2.24, 2.45) is 11.5 Å². The van der Waals surface area contributed by atoms with E-state index in [9.17, 15) is 14.0 Å². The van der Waals surface area contributed by atoms with Crippen molar-refractivity contribution < 1.29 is 9.18 Å². The molecule has 30 heavy (non-hydrogen) atoms. The minimum absolute atomic E-state index is 0.129. The Morgan fingerprint density at radius 1 is 1.07 bits per heavy atom. The molecule has 0 aliphatic carbocycles. The van der Waals surface area contributed by atoms with E-state index in [0.717, 1.165) is 5.56 Å². The van der Waals surface area contributed by atoms with E-state index in [0.29, 0.717) is 27.6 Å². The molecule has 0 spiro atoms. The molecule has 8 heteroatoms. The number of hydrogen-bond acceptors (Lipinski definition) is 5. The van der Waals surface area contributed by atoms with Gasteiger partial charge < -0.3 is 11.5 Å². The Hall–Kier alpha value is -3.91. The first-order chi connectivity index (χ1) is 14.5. The summed E-state index contributed by atoms with van der Waals surface area (Å²) in [5.74, 6) is -1.14. The first-order valence-electron chi connectivity index (χ1n) is 9.20. The van der Waals surface area contributed by atoms with Gasteiger partial charge in [0.15, 0.2) is 0 Å². The number of nitrogens with zero attached hydrogens (tertiary/aromatic N) is 3. The van der Waals surface area contributed by atoms with E-state index in [1.807, 2.05) is 0 Å². The number of primary amides is 1. The van der Waals surface area contributed by atoms with Crippen LogP contribution < -0.4 is 17.0 Å². The number of nitrogens with two attached hydrogens (primary N) is 2. The minimum Gasteiger partial charge on any atom is -0.366 e. The van der Waals surface area contributed by atoms with Crippen molar-refractivity contribution in [2.75, 3.05) is 6.54 Å². The summed E-state index contributed by atoms with van der Waals surface area (Å²) in [5.41, 5.74) is 13.9. The lowest BCUT2D eigenvalue weighted by atomic mass is 10.0. The monoisotopic (exact) mass is 403 g/mol. The second-order valence-corrected chi connectivity index (χ2v) is 6.80. The molecule has 0 aliphatic heterocycles. The van der Waals surface area contributed by atoms with Crippen LogP contribution in [-0.4, -0.2) is 27.0 Å². The van der Waals surface area contributed by atoms with Crippen LogP contribution >= 0.6 is 0 Å². The summed E-state index contributed by atoms with van der Waals surface area (Å²) >= 11 is 0. The Balaban J connectivity index is 1.79. The molecule has 0 saturated carbocycles. The number of aromatic nitrogens is 3. The summed E-state index contributed by atoms with van der Waals surface area (Å²) in [4.78, 5) is 32.6. The highest BCUT2D eigenvalue weighted by Crippen LogP contribution is 2.23. The zero-order valence-corrected chi connectivity index (χ0v) is 15.8. The molecule has 1 unspecified atom stereocenters. The molecule has 2 aromatic heterocycles. The highest BCUT2D eigenvalue weighted by Gasteiger charge is 2.17. The second-order valence-electron chi connectivity index (χ2n) is 6.80. The predicted octanol–water partition coefficient (Wildman–Crippen LogP) is 2.24. The fourth-order valence-electron chi connectivity index (χ4n) is 3.43. The third kappa shape index (κ3) is 3.56. The molecule has 0 saturated heterocycles. The van der Waals surface area contributed by atoms with Crippen molar-refractivity contribution in [1.82, 2.24) is 14.5 Å². The lowest BCUT2D eigenvalue weighted by Gasteiger charge is -2.19. The van der Waals surface area contributed by atoms with Crippen LogP contribution in [0.1, 0.15) is 22.0 Å². The number of carbonyl (C=O) groups excluding carboxylic acids is 1. The molecule has 150 valence electrons. The summed E-state index contributed by atoms with van der Waals surface area (Å²) in [6, 6.07) is 14.3. The van der Waals surface area contributed by atoms with Gasteiger partial charge >= 0.3 is 0 Å². The number of rotatable bonds is 5. The Kier molecular flexibility index (Phi) is 5.07. The van der Waals surface area contributed by atoms with Gasteiger partial charge in [-0.3, -0.25) is 14.2 Å². The molecule has 7 nitrogen and oxygen atoms in total. The van der Waals surface area contributed by atoms with Crippen LogP contribution in [0.5, 0.6) is 0 Å². The van der Waals surface area contributed by atoms with Gasteiger partial charge in [-0.2, -0.15) is 4.39 Å². The first kappa shape index (κ1) is 19.4. The highest BCUT2D eigenvalue weighted by atomic mass is 19.1. The largest absolute Gasteiger partial charge is 0.366 e. The number of fused-ring (bicyclic) bond motifs is 1. The summed E-state index contributed by atoms with van der Waals surface area (Å²) in [5, 5.41) is 0.403. The Morgan fingerprint density at radius 3 is 2.60 bits per heavy atom. The van der Waals surface area contributed by atoms with Gasteiger partial charge in [-0.05, 0) is 47.0 Å². The fourth-order valence-corrected chi connectivity index (χ4v) is 3.43. The second kappa shape index (κ2) is 7.84. The normalized spacial score (nSPS) is 12.1. The first-order valence-corrected chi connectivity index (χ1v) is 9.20. The number of pyridine rings is 1. The summed E-state index contributed by atoms with van der Waals surface area (Å²) < 4.78 is 14.9. The van der Waals surface area contributed by atoms with Gasteiger partial charge in [-0.25, -0.2) is 9.97 Å². The van der Waals surface area contributed by atoms with Gasteiger partial charge in [-0.1, -0.05) is 18.2 Å². The van der Waals surface area contributed by atoms with Crippen LogP contribution in [0.15, 0.2) is 71.9 Å². The maximum atomic E-state index is 13.4. The molecule has 0 aliphatic rings. The number of amides is 1. The summed E-state index contributed by atoms with van der Waals surface area (Å²) in [6.07, 6.45) is 2.81. The van der Waals surface area contributed by atoms with Crippen LogP contribution in [0.25, 0.3) is 22.0 Å². The molecule has 4 aromatic rings. The van der Waals surface area contributed by atoms with Crippen molar-refractivity contribution in [2.45, 2.75) is 6.04 Å². The van der Waals surface area contributed by atoms with Gasteiger partial charge in [0, 0.05) is 24.4 Å². The molecular formula is C22H18FN5O2. The van der Waals surface area contributed by atoms with Crippen molar-refractivity contribution in [1.29, 1.82) is 0 Å². The third-order valence-electron chi connectivity index (χ3n) is 4.96. The number of hydrogen-bond donors (Lipinski definition) is 2. The van der Waals surface area contributed by atoms with E-state index in [1.54, 1.807) is 48.5 Å². The molecule has 2 heterocycles. The van der Waals surface area contributed by atoms with Gasteiger partial charge in [0.05, 0.1) is 23.3 Å². The van der Waals surface area contributed by atoms with Gasteiger partial charge in [-0.15, -0.1) is 0 Å². The van der Waals surface area contributed by atoms with E-state index >= 15 is 0 Å². The zero-order chi connectivity index (χ0) is 21.3. The van der Waals surface area contributed by atoms with Gasteiger partial charge in [0.1, 0.15) is 0 Å². The standard InChI is InChI=1S/C22H18FN5O2/c23-20-10-14(6-7-26-20)13-4-5-17-18(9-13)27-12-28(22(17)30)19(11-24)15-2-1-3-16(8-15)21(25)29/h1-10,12,19H,11,24H2,(H2,25,29). The molecule has 0 fully saturated rings. The Labute approximate surface area is 170 Å². The Bertz CT molecular complexity index is 1320. The average molecular weight is 403 g/mol. The van der Waals surface area contributed by atoms with Crippen LogP contribution in [0.3, 0.4) is 0 Å². The van der Waals surface area contributed by atoms with E-state index < -0.39 is 17.9 Å². The molecule has 0 radical (unpaired) electrons. The lowest BCUT2D eigenvalue weighted by molar-refractivity contribution is 0.1000. The van der Waals surface area contributed by atoms with Crippen molar-refractivity contribution in [3.05, 3.63) is 94.5 Å². The van der Waals surface area contributed by atoms with E-state index in [4.69, 9.17) is 11.5 Å². The maximum Gasteiger partial charge on any atom is 0.261 e. The van der Waals surface area contributed by atoms with E-state index in [2.05, 4.69) is 9.97 Å². The van der Waals surface area contributed by atoms with Crippen molar-refractivity contribution in [3.8, 4) is 11.1 Å². The zero-order valence-electron chi connectivity index (χ0n) is 15.8. The van der Waals surface area contributed by atoms with Crippen LogP contribution in [-0.2, 0) is 0 Å². The average Bonchev–Trinajstić information content (AvgIpc) is 2.76. The highest BCUT2D eigenvalue weighted by molar-refractivity contribution is 5.93. The molecule has 0 bridgehead atoms. The SMILES string of the molecule is NCC(c1cccc(C(N)=O)c1)n1cnc2cc(-c3ccnc(F)c3)ccc2c1=O. The van der Waals surface area contributed by atoms with E-state index in [-0.39, 0.29) is 12.1 Å². The molecule has 2 aromatic carbocycles. The molecule has 1 amide bonds. The van der Waals surface area contributed by atoms with E-state index in [1.165, 1.54) is 23.2 Å². The quantitative estimate of drug-likeness (QED) is 0.496. The van der Waals surface area contributed by atoms with Crippen LogP contribution in [0, 0.1) is 5.95 Å². The predicted molar refractivity (Wildman–Crippen MR) is 111 cm³/mol. The van der Waals surface area contributed by atoms with Gasteiger partial charge in [0.25, 0.3) is 5.56 Å². The minimum atomic E-state index is -0.583. The molecule has 1 atom stereocenters. The van der Waals surface area contributed by atoms with Gasteiger partial charge in [0.2, 0.25) is 11.9 Å².